The number of hydrogen-bond acceptors (Lipinski definition) is 7. The summed E-state index contributed by atoms with van der Waals surface area (Å²) < 4.78 is 47.3. The van der Waals surface area contributed by atoms with E-state index in [2.05, 4.69) is 5.32 Å². The Labute approximate surface area is 196 Å². The number of nitrogens with zero attached hydrogens (tertiary/aromatic N) is 3. The number of aliphatic hydroxyl groups excluding tert-OH is 1. The Bertz CT molecular complexity index is 1320. The van der Waals surface area contributed by atoms with Crippen LogP contribution in [0.25, 0.3) is 0 Å². The predicted molar refractivity (Wildman–Crippen MR) is 115 cm³/mol. The first kappa shape index (κ1) is 24.0. The number of carbonyl (C=O) groups excluding carboxylic acids is 2. The molecule has 0 fully saturated rings. The van der Waals surface area contributed by atoms with Crippen molar-refractivity contribution >= 4 is 11.8 Å². The van der Waals surface area contributed by atoms with Crippen LogP contribution < -0.4 is 15.8 Å². The molecule has 186 valence electrons. The lowest BCUT2D eigenvalue weighted by molar-refractivity contribution is 0.0600. The minimum atomic E-state index is -1.23. The minimum Gasteiger partial charge on any atom is -0.507 e. The Balaban J connectivity index is 1.75. The van der Waals surface area contributed by atoms with Gasteiger partial charge in [-0.3, -0.25) is 24.1 Å². The molecule has 0 saturated carbocycles. The molecule has 35 heavy (non-hydrogen) atoms. The van der Waals surface area contributed by atoms with Crippen molar-refractivity contribution in [2.45, 2.75) is 32.5 Å². The fourth-order valence-corrected chi connectivity index (χ4v) is 4.17. The molecule has 0 saturated heterocycles. The van der Waals surface area contributed by atoms with Gasteiger partial charge in [0.15, 0.2) is 23.0 Å². The predicted octanol–water partition coefficient (Wildman–Crippen LogP) is 1.46. The largest absolute Gasteiger partial charge is 0.507 e. The van der Waals surface area contributed by atoms with Gasteiger partial charge in [-0.15, -0.1) is 0 Å². The van der Waals surface area contributed by atoms with Gasteiger partial charge in [-0.25, -0.2) is 13.2 Å². The monoisotopic (exact) mass is 494 g/mol. The van der Waals surface area contributed by atoms with Crippen molar-refractivity contribution < 1.29 is 37.7 Å². The molecular formula is C22H21F3N4O6. The van der Waals surface area contributed by atoms with E-state index in [0.717, 1.165) is 10.9 Å². The lowest BCUT2D eigenvalue weighted by Crippen LogP contribution is -2.58. The van der Waals surface area contributed by atoms with Crippen LogP contribution in [0.1, 0.15) is 40.3 Å². The highest BCUT2D eigenvalue weighted by atomic mass is 19.1. The van der Waals surface area contributed by atoms with Gasteiger partial charge >= 0.3 is 0 Å². The molecule has 1 aromatic heterocycles. The Kier molecular flexibility index (Phi) is 5.87. The molecule has 10 nitrogen and oxygen atoms in total. The molecule has 0 spiro atoms. The number of fused-ring (bicyclic) bond motifs is 4. The molecule has 2 amide bonds. The van der Waals surface area contributed by atoms with Crippen LogP contribution in [-0.2, 0) is 11.3 Å². The average molecular weight is 494 g/mol. The van der Waals surface area contributed by atoms with Gasteiger partial charge < -0.3 is 25.2 Å². The maximum absolute atomic E-state index is 13.9. The van der Waals surface area contributed by atoms with Crippen molar-refractivity contribution in [2.75, 3.05) is 18.8 Å². The molecule has 0 radical (unpaired) electrons. The number of halogens is 3. The summed E-state index contributed by atoms with van der Waals surface area (Å²) in [7, 11) is 1.33. The molecule has 0 unspecified atom stereocenters. The number of benzene rings is 1. The summed E-state index contributed by atoms with van der Waals surface area (Å²) >= 11 is 0. The zero-order valence-corrected chi connectivity index (χ0v) is 18.8. The van der Waals surface area contributed by atoms with Crippen molar-refractivity contribution in [2.24, 2.45) is 0 Å². The topological polar surface area (TPSA) is 124 Å². The molecule has 3 heterocycles. The molecule has 2 aliphatic rings. The van der Waals surface area contributed by atoms with Crippen LogP contribution >= 0.6 is 0 Å². The summed E-state index contributed by atoms with van der Waals surface area (Å²) in [4.78, 5) is 39.9. The third kappa shape index (κ3) is 3.72. The molecule has 2 atom stereocenters. The van der Waals surface area contributed by atoms with E-state index in [1.54, 1.807) is 13.8 Å². The number of hydrogen-bond donors (Lipinski definition) is 3. The number of rotatable bonds is 4. The smallest absolute Gasteiger partial charge is 0.278 e. The second kappa shape index (κ2) is 8.56. The van der Waals surface area contributed by atoms with E-state index >= 15 is 0 Å². The Morgan fingerprint density at radius 3 is 2.37 bits per heavy atom. The summed E-state index contributed by atoms with van der Waals surface area (Å²) in [5.74, 6) is -6.56. The number of methoxy groups -OCH3 is 1. The van der Waals surface area contributed by atoms with Gasteiger partial charge in [-0.05, 0) is 13.8 Å². The normalized spacial score (nSPS) is 19.4. The molecular weight excluding hydrogens is 473 g/mol. The van der Waals surface area contributed by atoms with Gasteiger partial charge in [0.2, 0.25) is 5.43 Å². The molecule has 2 aromatic rings. The number of amides is 2. The van der Waals surface area contributed by atoms with Crippen molar-refractivity contribution in [1.29, 1.82) is 0 Å². The highest BCUT2D eigenvalue weighted by Crippen LogP contribution is 2.31. The number of nitrogens with one attached hydrogen (secondary N) is 1. The van der Waals surface area contributed by atoms with E-state index in [9.17, 15) is 37.8 Å². The lowest BCUT2D eigenvalue weighted by atomic mass is 10.1. The quantitative estimate of drug-likeness (QED) is 0.588. The number of carbonyl (C=O) groups is 2. The minimum absolute atomic E-state index is 0.0829. The van der Waals surface area contributed by atoms with Crippen LogP contribution in [0.2, 0.25) is 0 Å². The van der Waals surface area contributed by atoms with E-state index in [1.807, 2.05) is 0 Å². The van der Waals surface area contributed by atoms with Crippen LogP contribution in [0.5, 0.6) is 5.75 Å². The number of pyridine rings is 1. The van der Waals surface area contributed by atoms with E-state index in [0.29, 0.717) is 12.1 Å². The number of aliphatic hydroxyl groups is 1. The molecule has 0 aliphatic carbocycles. The van der Waals surface area contributed by atoms with Gasteiger partial charge in [0.1, 0.15) is 35.7 Å². The fraction of sp³-hybridized carbons (Fsp3) is 0.318. The Morgan fingerprint density at radius 2 is 1.77 bits per heavy atom. The molecule has 13 heteroatoms. The maximum atomic E-state index is 13.9. The highest BCUT2D eigenvalue weighted by Gasteiger charge is 2.43. The first-order chi connectivity index (χ1) is 16.5. The van der Waals surface area contributed by atoms with Gasteiger partial charge in [-0.2, -0.15) is 0 Å². The second-order valence-electron chi connectivity index (χ2n) is 8.11. The third-order valence-electron chi connectivity index (χ3n) is 6.14. The summed E-state index contributed by atoms with van der Waals surface area (Å²) in [6.07, 6.45) is 0.992. The van der Waals surface area contributed by atoms with Crippen molar-refractivity contribution in [3.63, 3.8) is 0 Å². The number of aromatic nitrogens is 1. The zero-order chi connectivity index (χ0) is 25.8. The van der Waals surface area contributed by atoms with Crippen LogP contribution in [0.15, 0.2) is 34.6 Å². The Hall–Kier alpha value is -4.16. The van der Waals surface area contributed by atoms with E-state index in [1.165, 1.54) is 17.0 Å². The summed E-state index contributed by atoms with van der Waals surface area (Å²) in [6.45, 7) is 2.38. The van der Waals surface area contributed by atoms with Gasteiger partial charge in [0.05, 0.1) is 13.2 Å². The van der Waals surface area contributed by atoms with Gasteiger partial charge in [0.25, 0.3) is 11.8 Å². The van der Waals surface area contributed by atoms with Crippen LogP contribution in [0.3, 0.4) is 0 Å². The van der Waals surface area contributed by atoms with Crippen LogP contribution in [0.4, 0.5) is 13.2 Å². The van der Waals surface area contributed by atoms with E-state index in [-0.39, 0.29) is 18.2 Å². The molecule has 3 N–H and O–H groups in total. The third-order valence-corrected chi connectivity index (χ3v) is 6.14. The number of ether oxygens (including phenoxy) is 1. The molecule has 2 aliphatic heterocycles. The Morgan fingerprint density at radius 1 is 1.14 bits per heavy atom. The summed E-state index contributed by atoms with van der Waals surface area (Å²) in [5.41, 5.74) is -2.88. The first-order valence-corrected chi connectivity index (χ1v) is 10.4. The lowest BCUT2D eigenvalue weighted by Gasteiger charge is -2.41. The van der Waals surface area contributed by atoms with Crippen LogP contribution in [-0.4, -0.2) is 57.5 Å². The van der Waals surface area contributed by atoms with Crippen LogP contribution in [0, 0.1) is 17.5 Å². The SMILES string of the molecule is COC1=C(O)[C@@H](C)N2CN(C(=O)c3c(O)c(=O)c(C(=O)NCc4c(F)cc(F)cc4F)cn32)[C@H]1C. The zero-order valence-electron chi connectivity index (χ0n) is 18.8. The van der Waals surface area contributed by atoms with E-state index < -0.39 is 75.9 Å². The van der Waals surface area contributed by atoms with Crippen molar-refractivity contribution in [1.82, 2.24) is 14.9 Å². The van der Waals surface area contributed by atoms with Gasteiger partial charge in [0, 0.05) is 30.4 Å². The molecule has 1 aromatic carbocycles. The van der Waals surface area contributed by atoms with Gasteiger partial charge in [-0.1, -0.05) is 0 Å². The first-order valence-electron chi connectivity index (χ1n) is 10.4. The summed E-state index contributed by atoms with van der Waals surface area (Å²) in [5, 5.41) is 24.9. The average Bonchev–Trinajstić information content (AvgIpc) is 2.87. The highest BCUT2D eigenvalue weighted by molar-refractivity contribution is 5.99. The second-order valence-corrected chi connectivity index (χ2v) is 8.11. The van der Waals surface area contributed by atoms with E-state index in [4.69, 9.17) is 4.74 Å². The molecule has 4 rings (SSSR count). The number of aromatic hydroxyl groups is 1. The fourth-order valence-electron chi connectivity index (χ4n) is 4.17. The maximum Gasteiger partial charge on any atom is 0.278 e. The summed E-state index contributed by atoms with van der Waals surface area (Å²) in [6, 6.07) is -0.647. The standard InChI is InChI=1S/C22H21F3N4O6/c1-9-17(30)20(35-3)10(2)27-8-29(9)28-7-13(18(31)19(32)16(28)22(27)34)21(33)26-6-12-14(24)4-11(23)5-15(12)25/h4-5,7,9-10,30,32H,6,8H2,1-3H3,(H,26,33)/t9-,10+/m1/s1. The molecule has 2 bridgehead atoms. The van der Waals surface area contributed by atoms with Crippen molar-refractivity contribution in [3.05, 3.63) is 74.3 Å². The van der Waals surface area contributed by atoms with Crippen molar-refractivity contribution in [3.8, 4) is 5.75 Å².